The number of hydrogen-bond donors (Lipinski definition) is 2. The van der Waals surface area contributed by atoms with E-state index >= 15 is 0 Å². The molecule has 2 N–H and O–H groups in total. The molecule has 0 spiro atoms. The lowest BCUT2D eigenvalue weighted by molar-refractivity contribution is -0.132. The fourth-order valence-corrected chi connectivity index (χ4v) is 3.35. The van der Waals surface area contributed by atoms with Crippen LogP contribution in [-0.2, 0) is 9.59 Å². The van der Waals surface area contributed by atoms with Crippen molar-refractivity contribution in [3.05, 3.63) is 0 Å². The number of carbonyl (C=O) groups excluding carboxylic acids is 2. The zero-order valence-electron chi connectivity index (χ0n) is 16.9. The Labute approximate surface area is 154 Å². The van der Waals surface area contributed by atoms with E-state index < -0.39 is 6.04 Å². The molecule has 1 aliphatic rings. The van der Waals surface area contributed by atoms with Crippen LogP contribution in [0.1, 0.15) is 66.2 Å². The summed E-state index contributed by atoms with van der Waals surface area (Å²) in [5, 5.41) is 6.00. The van der Waals surface area contributed by atoms with E-state index in [1.807, 2.05) is 13.8 Å². The Morgan fingerprint density at radius 2 is 1.76 bits per heavy atom. The summed E-state index contributed by atoms with van der Waals surface area (Å²) in [6, 6.07) is -0.437. The van der Waals surface area contributed by atoms with Crippen LogP contribution in [0, 0.1) is 17.8 Å². The Morgan fingerprint density at radius 1 is 1.12 bits per heavy atom. The molecule has 1 aliphatic carbocycles. The second kappa shape index (κ2) is 11.5. The number of nitrogens with one attached hydrogen (secondary N) is 2. The second-order valence-electron chi connectivity index (χ2n) is 8.13. The zero-order valence-corrected chi connectivity index (χ0v) is 16.9. The van der Waals surface area contributed by atoms with Gasteiger partial charge in [-0.1, -0.05) is 34.1 Å². The van der Waals surface area contributed by atoms with Crippen molar-refractivity contribution in [2.75, 3.05) is 26.7 Å². The molecule has 0 bridgehead atoms. The van der Waals surface area contributed by atoms with Gasteiger partial charge in [0.15, 0.2) is 0 Å². The number of rotatable bonds is 10. The highest BCUT2D eigenvalue weighted by atomic mass is 16.2. The van der Waals surface area contributed by atoms with Crippen LogP contribution in [0.25, 0.3) is 0 Å². The van der Waals surface area contributed by atoms with Gasteiger partial charge in [-0.3, -0.25) is 9.59 Å². The molecule has 1 saturated carbocycles. The van der Waals surface area contributed by atoms with Crippen LogP contribution < -0.4 is 10.6 Å². The summed E-state index contributed by atoms with van der Waals surface area (Å²) in [6.07, 6.45) is 6.47. The molecule has 0 saturated heterocycles. The van der Waals surface area contributed by atoms with Gasteiger partial charge in [-0.05, 0) is 57.5 Å². The first-order valence-electron chi connectivity index (χ1n) is 10.1. The molecule has 2 amide bonds. The smallest absolute Gasteiger partial charge is 0.242 e. The Bertz CT molecular complexity index is 404. The molecule has 25 heavy (non-hydrogen) atoms. The Hall–Kier alpha value is -1.10. The van der Waals surface area contributed by atoms with Crippen molar-refractivity contribution in [2.24, 2.45) is 17.8 Å². The minimum Gasteiger partial charge on any atom is -0.353 e. The molecule has 5 heteroatoms. The Balaban J connectivity index is 2.41. The van der Waals surface area contributed by atoms with Gasteiger partial charge in [-0.2, -0.15) is 0 Å². The van der Waals surface area contributed by atoms with Crippen molar-refractivity contribution < 1.29 is 9.59 Å². The van der Waals surface area contributed by atoms with Crippen LogP contribution in [0.5, 0.6) is 0 Å². The van der Waals surface area contributed by atoms with E-state index in [0.717, 1.165) is 44.7 Å². The minimum absolute atomic E-state index is 0.0563. The predicted octanol–water partition coefficient (Wildman–Crippen LogP) is 2.80. The summed E-state index contributed by atoms with van der Waals surface area (Å²) in [5.41, 5.74) is 0. The highest BCUT2D eigenvalue weighted by molar-refractivity contribution is 5.88. The van der Waals surface area contributed by atoms with E-state index in [9.17, 15) is 9.59 Å². The average Bonchev–Trinajstić information content (AvgIpc) is 2.57. The topological polar surface area (TPSA) is 61.4 Å². The number of carbonyl (C=O) groups is 2. The monoisotopic (exact) mass is 353 g/mol. The third-order valence-corrected chi connectivity index (χ3v) is 5.32. The van der Waals surface area contributed by atoms with Gasteiger partial charge in [-0.15, -0.1) is 0 Å². The summed E-state index contributed by atoms with van der Waals surface area (Å²) in [5.74, 6) is 0.880. The van der Waals surface area contributed by atoms with Crippen molar-refractivity contribution in [1.82, 2.24) is 15.5 Å². The highest BCUT2D eigenvalue weighted by Gasteiger charge is 2.29. The number of nitrogens with zero attached hydrogens (tertiary/aromatic N) is 1. The summed E-state index contributed by atoms with van der Waals surface area (Å²) >= 11 is 0. The normalized spacial score (nSPS) is 22.0. The van der Waals surface area contributed by atoms with Gasteiger partial charge < -0.3 is 15.5 Å². The zero-order chi connectivity index (χ0) is 18.8. The number of amides is 2. The molecule has 5 nitrogen and oxygen atoms in total. The van der Waals surface area contributed by atoms with E-state index in [4.69, 9.17) is 0 Å². The molecule has 0 radical (unpaired) electrons. The maximum Gasteiger partial charge on any atom is 0.242 e. The standard InChI is InChI=1S/C20H39N3O2/c1-6-7-13-23(5)14-12-21-20(25)18(15(2)3)22-19(24)17-10-8-16(4)9-11-17/h15-18H,6-14H2,1-5H3,(H,21,25)(H,22,24)/t16?,17?,18-/m0/s1. The van der Waals surface area contributed by atoms with Gasteiger partial charge in [-0.25, -0.2) is 0 Å². The largest absolute Gasteiger partial charge is 0.353 e. The molecule has 1 atom stereocenters. The number of hydrogen-bond acceptors (Lipinski definition) is 3. The third kappa shape index (κ3) is 8.21. The molecule has 0 aromatic heterocycles. The van der Waals surface area contributed by atoms with Gasteiger partial charge in [0.1, 0.15) is 6.04 Å². The predicted molar refractivity (Wildman–Crippen MR) is 103 cm³/mol. The van der Waals surface area contributed by atoms with Crippen molar-refractivity contribution in [2.45, 2.75) is 72.3 Å². The molecule has 0 aromatic carbocycles. The van der Waals surface area contributed by atoms with Gasteiger partial charge >= 0.3 is 0 Å². The Morgan fingerprint density at radius 3 is 2.32 bits per heavy atom. The molecule has 0 unspecified atom stereocenters. The SMILES string of the molecule is CCCCN(C)CCNC(=O)[C@@H](NC(=O)C1CCC(C)CC1)C(C)C. The maximum absolute atomic E-state index is 12.5. The first-order valence-corrected chi connectivity index (χ1v) is 10.1. The van der Waals surface area contributed by atoms with Crippen LogP contribution in [0.2, 0.25) is 0 Å². The van der Waals surface area contributed by atoms with Crippen molar-refractivity contribution in [3.8, 4) is 0 Å². The van der Waals surface area contributed by atoms with Crippen molar-refractivity contribution in [1.29, 1.82) is 0 Å². The lowest BCUT2D eigenvalue weighted by Gasteiger charge is -2.28. The van der Waals surface area contributed by atoms with E-state index in [0.29, 0.717) is 6.54 Å². The molecule has 0 aromatic rings. The van der Waals surface area contributed by atoms with E-state index in [1.54, 1.807) is 0 Å². The average molecular weight is 354 g/mol. The molecular formula is C20H39N3O2. The van der Waals surface area contributed by atoms with E-state index in [2.05, 4.69) is 36.4 Å². The second-order valence-corrected chi connectivity index (χ2v) is 8.13. The highest BCUT2D eigenvalue weighted by Crippen LogP contribution is 2.28. The first kappa shape index (κ1) is 21.9. The molecule has 1 fully saturated rings. The van der Waals surface area contributed by atoms with E-state index in [1.165, 1.54) is 12.8 Å². The lowest BCUT2D eigenvalue weighted by Crippen LogP contribution is -2.52. The van der Waals surface area contributed by atoms with Crippen LogP contribution in [0.15, 0.2) is 0 Å². The van der Waals surface area contributed by atoms with E-state index in [-0.39, 0.29) is 23.7 Å². The van der Waals surface area contributed by atoms with Gasteiger partial charge in [0.25, 0.3) is 0 Å². The molecular weight excluding hydrogens is 314 g/mol. The molecule has 1 rings (SSSR count). The Kier molecular flexibility index (Phi) is 10.1. The quantitative estimate of drug-likeness (QED) is 0.635. The first-order chi connectivity index (χ1) is 11.8. The van der Waals surface area contributed by atoms with Crippen molar-refractivity contribution >= 4 is 11.8 Å². The van der Waals surface area contributed by atoms with Crippen LogP contribution in [-0.4, -0.2) is 49.4 Å². The lowest BCUT2D eigenvalue weighted by atomic mass is 9.82. The number of unbranched alkanes of at least 4 members (excludes halogenated alkanes) is 1. The van der Waals surface area contributed by atoms with Gasteiger partial charge in [0.05, 0.1) is 0 Å². The van der Waals surface area contributed by atoms with Crippen LogP contribution in [0.4, 0.5) is 0 Å². The fraction of sp³-hybridized carbons (Fsp3) is 0.900. The van der Waals surface area contributed by atoms with Gasteiger partial charge in [0, 0.05) is 19.0 Å². The molecule has 0 aliphatic heterocycles. The summed E-state index contributed by atoms with van der Waals surface area (Å²) < 4.78 is 0. The molecule has 146 valence electrons. The minimum atomic E-state index is -0.437. The van der Waals surface area contributed by atoms with Crippen LogP contribution in [0.3, 0.4) is 0 Å². The van der Waals surface area contributed by atoms with Gasteiger partial charge in [0.2, 0.25) is 11.8 Å². The maximum atomic E-state index is 12.5. The fourth-order valence-electron chi connectivity index (χ4n) is 3.35. The van der Waals surface area contributed by atoms with Crippen molar-refractivity contribution in [3.63, 3.8) is 0 Å². The summed E-state index contributed by atoms with van der Waals surface area (Å²) in [6.45, 7) is 10.9. The van der Waals surface area contributed by atoms with Crippen LogP contribution >= 0.6 is 0 Å². The number of likely N-dealkylation sites (N-methyl/N-ethyl adjacent to an activating group) is 1. The summed E-state index contributed by atoms with van der Waals surface area (Å²) in [7, 11) is 2.08. The third-order valence-electron chi connectivity index (χ3n) is 5.32. The molecule has 0 heterocycles. The summed E-state index contributed by atoms with van der Waals surface area (Å²) in [4.78, 5) is 27.3.